The predicted molar refractivity (Wildman–Crippen MR) is 78.7 cm³/mol. The summed E-state index contributed by atoms with van der Waals surface area (Å²) in [5.74, 6) is -0.685. The minimum Gasteiger partial charge on any atom is -0.481 e. The van der Waals surface area contributed by atoms with Crippen LogP contribution in [-0.2, 0) is 4.79 Å². The molecule has 0 spiro atoms. The number of aromatic nitrogens is 2. The molecule has 8 heteroatoms. The fraction of sp³-hybridized carbons (Fsp3) is 0.571. The van der Waals surface area contributed by atoms with Crippen LogP contribution in [0.4, 0.5) is 10.6 Å². The first-order valence-electron chi connectivity index (χ1n) is 7.25. The molecule has 1 aromatic rings. The van der Waals surface area contributed by atoms with E-state index in [0.29, 0.717) is 31.1 Å². The second-order valence-electron chi connectivity index (χ2n) is 5.48. The summed E-state index contributed by atoms with van der Waals surface area (Å²) in [7, 11) is 0. The van der Waals surface area contributed by atoms with E-state index in [9.17, 15) is 9.59 Å². The maximum atomic E-state index is 12.1. The highest BCUT2D eigenvalue weighted by Crippen LogP contribution is 2.18. The Kier molecular flexibility index (Phi) is 5.13. The first-order chi connectivity index (χ1) is 10.5. The van der Waals surface area contributed by atoms with Gasteiger partial charge in [-0.1, -0.05) is 0 Å². The van der Waals surface area contributed by atoms with Crippen molar-refractivity contribution >= 4 is 17.8 Å². The lowest BCUT2D eigenvalue weighted by molar-refractivity contribution is -0.143. The van der Waals surface area contributed by atoms with Gasteiger partial charge in [0.1, 0.15) is 0 Å². The third kappa shape index (κ3) is 4.31. The zero-order chi connectivity index (χ0) is 16.1. The Morgan fingerprint density at radius 2 is 2.18 bits per heavy atom. The van der Waals surface area contributed by atoms with E-state index in [1.807, 2.05) is 13.8 Å². The number of hydrogen-bond acceptors (Lipinski definition) is 5. The number of nitrogens with one attached hydrogen (secondary N) is 1. The van der Waals surface area contributed by atoms with Crippen molar-refractivity contribution in [2.75, 3.05) is 18.4 Å². The Morgan fingerprint density at radius 3 is 2.77 bits per heavy atom. The molecule has 22 heavy (non-hydrogen) atoms. The van der Waals surface area contributed by atoms with Gasteiger partial charge in [0.15, 0.2) is 5.82 Å². The number of urea groups is 1. The van der Waals surface area contributed by atoms with Crippen LogP contribution in [0.5, 0.6) is 5.88 Å². The van der Waals surface area contributed by atoms with Gasteiger partial charge < -0.3 is 14.7 Å². The highest BCUT2D eigenvalue weighted by molar-refractivity contribution is 5.88. The number of anilines is 1. The summed E-state index contributed by atoms with van der Waals surface area (Å²) in [5.41, 5.74) is 0. The smallest absolute Gasteiger partial charge is 0.323 e. The fourth-order valence-electron chi connectivity index (χ4n) is 2.24. The van der Waals surface area contributed by atoms with E-state index in [2.05, 4.69) is 15.5 Å². The molecule has 1 fully saturated rings. The molecule has 1 atom stereocenters. The lowest BCUT2D eigenvalue weighted by Crippen LogP contribution is -2.44. The SMILES string of the molecule is CC(C)Oc1ccc(NC(=O)N2CCCC(C(=O)O)C2)nn1. The van der Waals surface area contributed by atoms with E-state index >= 15 is 0 Å². The quantitative estimate of drug-likeness (QED) is 0.875. The third-order valence-corrected chi connectivity index (χ3v) is 3.29. The molecule has 0 aromatic carbocycles. The molecule has 8 nitrogen and oxygen atoms in total. The maximum Gasteiger partial charge on any atom is 0.323 e. The summed E-state index contributed by atoms with van der Waals surface area (Å²) >= 11 is 0. The van der Waals surface area contributed by atoms with Crippen LogP contribution in [0, 0.1) is 5.92 Å². The van der Waals surface area contributed by atoms with Gasteiger partial charge in [0, 0.05) is 19.2 Å². The van der Waals surface area contributed by atoms with Gasteiger partial charge in [0.2, 0.25) is 5.88 Å². The average Bonchev–Trinajstić information content (AvgIpc) is 2.49. The number of rotatable bonds is 4. The molecule has 2 heterocycles. The van der Waals surface area contributed by atoms with Gasteiger partial charge in [-0.15, -0.1) is 10.2 Å². The molecule has 0 bridgehead atoms. The van der Waals surface area contributed by atoms with Crippen LogP contribution in [0.2, 0.25) is 0 Å². The van der Waals surface area contributed by atoms with Gasteiger partial charge in [-0.3, -0.25) is 10.1 Å². The number of hydrogen-bond donors (Lipinski definition) is 2. The van der Waals surface area contributed by atoms with Crippen LogP contribution < -0.4 is 10.1 Å². The van der Waals surface area contributed by atoms with Crippen molar-refractivity contribution in [3.05, 3.63) is 12.1 Å². The van der Waals surface area contributed by atoms with Gasteiger partial charge in [-0.2, -0.15) is 0 Å². The number of likely N-dealkylation sites (tertiary alicyclic amines) is 1. The molecular formula is C14H20N4O4. The van der Waals surface area contributed by atoms with Gasteiger partial charge in [0.05, 0.1) is 12.0 Å². The van der Waals surface area contributed by atoms with Crippen molar-refractivity contribution < 1.29 is 19.4 Å². The van der Waals surface area contributed by atoms with Crippen molar-refractivity contribution in [1.82, 2.24) is 15.1 Å². The van der Waals surface area contributed by atoms with Gasteiger partial charge >= 0.3 is 12.0 Å². The van der Waals surface area contributed by atoms with E-state index in [1.54, 1.807) is 12.1 Å². The summed E-state index contributed by atoms with van der Waals surface area (Å²) < 4.78 is 5.37. The standard InChI is InChI=1S/C14H20N4O4/c1-9(2)22-12-6-5-11(16-17-12)15-14(21)18-7-3-4-10(8-18)13(19)20/h5-6,9-10H,3-4,7-8H2,1-2H3,(H,19,20)(H,15,16,21). The number of carbonyl (C=O) groups excluding carboxylic acids is 1. The zero-order valence-corrected chi connectivity index (χ0v) is 12.7. The maximum absolute atomic E-state index is 12.1. The molecule has 2 rings (SSSR count). The Balaban J connectivity index is 1.92. The Bertz CT molecular complexity index is 532. The summed E-state index contributed by atoms with van der Waals surface area (Å²) in [6, 6.07) is 2.86. The van der Waals surface area contributed by atoms with Gasteiger partial charge in [0.25, 0.3) is 0 Å². The Labute approximate surface area is 128 Å². The minimum atomic E-state index is -0.868. The first-order valence-corrected chi connectivity index (χ1v) is 7.25. The van der Waals surface area contributed by atoms with Crippen molar-refractivity contribution in [2.45, 2.75) is 32.8 Å². The Hall–Kier alpha value is -2.38. The largest absolute Gasteiger partial charge is 0.481 e. The van der Waals surface area contributed by atoms with Gasteiger partial charge in [-0.05, 0) is 32.8 Å². The van der Waals surface area contributed by atoms with Crippen LogP contribution >= 0.6 is 0 Å². The molecule has 1 aromatic heterocycles. The highest BCUT2D eigenvalue weighted by atomic mass is 16.5. The van der Waals surface area contributed by atoms with Gasteiger partial charge in [-0.25, -0.2) is 4.79 Å². The normalized spacial score (nSPS) is 18.1. The first kappa shape index (κ1) is 16.0. The van der Waals surface area contributed by atoms with Crippen molar-refractivity contribution in [1.29, 1.82) is 0 Å². The number of aliphatic carboxylic acids is 1. The van der Waals surface area contributed by atoms with Crippen LogP contribution in [0.25, 0.3) is 0 Å². The number of piperidine rings is 1. The summed E-state index contributed by atoms with van der Waals surface area (Å²) in [6.07, 6.45) is 1.27. The number of nitrogens with zero attached hydrogens (tertiary/aromatic N) is 3. The van der Waals surface area contributed by atoms with E-state index in [-0.39, 0.29) is 18.7 Å². The Morgan fingerprint density at radius 1 is 1.41 bits per heavy atom. The molecule has 120 valence electrons. The molecule has 1 saturated heterocycles. The molecule has 0 aliphatic carbocycles. The average molecular weight is 308 g/mol. The second kappa shape index (κ2) is 7.06. The van der Waals surface area contributed by atoms with Crippen LogP contribution in [-0.4, -0.2) is 51.4 Å². The van der Waals surface area contributed by atoms with Crippen molar-refractivity contribution in [2.24, 2.45) is 5.92 Å². The molecule has 1 aliphatic heterocycles. The minimum absolute atomic E-state index is 0.00366. The van der Waals surface area contributed by atoms with Crippen molar-refractivity contribution in [3.8, 4) is 5.88 Å². The summed E-state index contributed by atoms with van der Waals surface area (Å²) in [4.78, 5) is 24.6. The van der Waals surface area contributed by atoms with E-state index in [4.69, 9.17) is 9.84 Å². The number of ether oxygens (including phenoxy) is 1. The van der Waals surface area contributed by atoms with Crippen LogP contribution in [0.3, 0.4) is 0 Å². The molecule has 2 amide bonds. The fourth-order valence-corrected chi connectivity index (χ4v) is 2.24. The number of carbonyl (C=O) groups is 2. The van der Waals surface area contributed by atoms with Crippen molar-refractivity contribution in [3.63, 3.8) is 0 Å². The number of amides is 2. The molecule has 1 aliphatic rings. The van der Waals surface area contributed by atoms with E-state index in [0.717, 1.165) is 0 Å². The molecule has 1 unspecified atom stereocenters. The predicted octanol–water partition coefficient (Wildman–Crippen LogP) is 1.59. The van der Waals surface area contributed by atoms with E-state index < -0.39 is 11.9 Å². The lowest BCUT2D eigenvalue weighted by Gasteiger charge is -2.30. The molecule has 0 saturated carbocycles. The number of carboxylic acids is 1. The zero-order valence-electron chi connectivity index (χ0n) is 12.7. The van der Waals surface area contributed by atoms with E-state index in [1.165, 1.54) is 4.90 Å². The lowest BCUT2D eigenvalue weighted by atomic mass is 9.99. The van der Waals surface area contributed by atoms with Crippen LogP contribution in [0.1, 0.15) is 26.7 Å². The third-order valence-electron chi connectivity index (χ3n) is 3.29. The van der Waals surface area contributed by atoms with Crippen LogP contribution in [0.15, 0.2) is 12.1 Å². The second-order valence-corrected chi connectivity index (χ2v) is 5.48. The number of carboxylic acid groups (broad SMARTS) is 1. The monoisotopic (exact) mass is 308 g/mol. The molecule has 2 N–H and O–H groups in total. The molecule has 0 radical (unpaired) electrons. The summed E-state index contributed by atoms with van der Waals surface area (Å²) in [6.45, 7) is 4.51. The summed E-state index contributed by atoms with van der Waals surface area (Å²) in [5, 5.41) is 19.4. The molecular weight excluding hydrogens is 288 g/mol. The highest BCUT2D eigenvalue weighted by Gasteiger charge is 2.28. The topological polar surface area (TPSA) is 105 Å².